The predicted octanol–water partition coefficient (Wildman–Crippen LogP) is 8.65. The molecule has 1 unspecified atom stereocenters. The highest BCUT2D eigenvalue weighted by Crippen LogP contribution is 2.51. The Morgan fingerprint density at radius 2 is 1.41 bits per heavy atom. The quantitative estimate of drug-likeness (QED) is 0.207. The summed E-state index contributed by atoms with van der Waals surface area (Å²) < 4.78 is 2.31. The molecule has 44 heavy (non-hydrogen) atoms. The van der Waals surface area contributed by atoms with Gasteiger partial charge in [-0.3, -0.25) is 4.57 Å². The van der Waals surface area contributed by atoms with Crippen LogP contribution in [-0.4, -0.2) is 9.55 Å². The third-order valence-corrected chi connectivity index (χ3v) is 9.78. The molecule has 4 aromatic carbocycles. The van der Waals surface area contributed by atoms with Crippen LogP contribution in [-0.2, 0) is 6.42 Å². The van der Waals surface area contributed by atoms with Gasteiger partial charge < -0.3 is 0 Å². The van der Waals surface area contributed by atoms with Crippen LogP contribution < -0.4 is 10.4 Å². The largest absolute Gasteiger partial charge is 0.296 e. The van der Waals surface area contributed by atoms with Gasteiger partial charge in [-0.15, -0.1) is 0 Å². The minimum absolute atomic E-state index is 0.125. The Morgan fingerprint density at radius 1 is 0.705 bits per heavy atom. The lowest BCUT2D eigenvalue weighted by Gasteiger charge is -2.41. The third kappa shape index (κ3) is 4.20. The van der Waals surface area contributed by atoms with Crippen molar-refractivity contribution in [1.82, 2.24) is 9.55 Å². The average molecular weight is 569 g/mol. The number of allylic oxidation sites excluding steroid dienone is 8. The van der Waals surface area contributed by atoms with Crippen LogP contribution >= 0.6 is 0 Å². The summed E-state index contributed by atoms with van der Waals surface area (Å²) in [4.78, 5) is 4.92. The number of aromatic nitrogens is 2. The molecule has 0 aliphatic heterocycles. The zero-order valence-corrected chi connectivity index (χ0v) is 25.4. The third-order valence-electron chi connectivity index (χ3n) is 9.78. The molecule has 0 radical (unpaired) electrons. The highest BCUT2D eigenvalue weighted by molar-refractivity contribution is 5.91. The van der Waals surface area contributed by atoms with E-state index in [4.69, 9.17) is 4.98 Å². The van der Waals surface area contributed by atoms with Crippen LogP contribution in [0.15, 0.2) is 145 Å². The van der Waals surface area contributed by atoms with E-state index in [1.807, 2.05) is 0 Å². The first-order valence-electron chi connectivity index (χ1n) is 15.9. The zero-order valence-electron chi connectivity index (χ0n) is 25.4. The van der Waals surface area contributed by atoms with Gasteiger partial charge in [0.2, 0.25) is 0 Å². The van der Waals surface area contributed by atoms with Crippen molar-refractivity contribution in [3.05, 3.63) is 172 Å². The second kappa shape index (κ2) is 10.6. The van der Waals surface area contributed by atoms with Gasteiger partial charge >= 0.3 is 0 Å². The van der Waals surface area contributed by atoms with Gasteiger partial charge in [0.25, 0.3) is 0 Å². The van der Waals surface area contributed by atoms with E-state index in [2.05, 4.69) is 152 Å². The molecule has 0 saturated carbocycles. The number of hydrogen-bond acceptors (Lipinski definition) is 1. The van der Waals surface area contributed by atoms with Crippen LogP contribution in [0.4, 0.5) is 0 Å². The normalized spacial score (nSPS) is 19.3. The molecule has 0 bridgehead atoms. The second-order valence-electron chi connectivity index (χ2n) is 12.3. The maximum Gasteiger partial charge on any atom is 0.114 e. The van der Waals surface area contributed by atoms with E-state index >= 15 is 0 Å². The number of para-hydroxylation sites is 2. The topological polar surface area (TPSA) is 17.8 Å². The number of fused-ring (bicyclic) bond motifs is 3. The van der Waals surface area contributed by atoms with E-state index < -0.39 is 0 Å². The van der Waals surface area contributed by atoms with Crippen molar-refractivity contribution in [3.8, 4) is 5.69 Å². The van der Waals surface area contributed by atoms with Crippen molar-refractivity contribution < 1.29 is 0 Å². The van der Waals surface area contributed by atoms with Gasteiger partial charge in [-0.05, 0) is 93.0 Å². The van der Waals surface area contributed by atoms with Gasteiger partial charge in [0.1, 0.15) is 5.82 Å². The van der Waals surface area contributed by atoms with Crippen molar-refractivity contribution in [3.63, 3.8) is 0 Å². The Balaban J connectivity index is 1.31. The molecule has 2 nitrogen and oxygen atoms in total. The highest BCUT2D eigenvalue weighted by Gasteiger charge is 2.40. The van der Waals surface area contributed by atoms with Gasteiger partial charge in [0, 0.05) is 17.5 Å². The van der Waals surface area contributed by atoms with E-state index in [1.165, 1.54) is 49.4 Å². The van der Waals surface area contributed by atoms with E-state index in [-0.39, 0.29) is 5.41 Å². The van der Waals surface area contributed by atoms with Gasteiger partial charge in [-0.25, -0.2) is 4.98 Å². The first-order valence-corrected chi connectivity index (χ1v) is 15.9. The van der Waals surface area contributed by atoms with Crippen molar-refractivity contribution in [2.24, 2.45) is 5.41 Å². The smallest absolute Gasteiger partial charge is 0.114 e. The summed E-state index contributed by atoms with van der Waals surface area (Å²) in [6.45, 7) is 4.63. The molecule has 8 rings (SSSR count). The minimum atomic E-state index is -0.125. The molecule has 0 fully saturated rings. The fraction of sp³-hybridized carbons (Fsp3) is 0.167. The first kappa shape index (κ1) is 26.7. The highest BCUT2D eigenvalue weighted by atomic mass is 15.1. The average Bonchev–Trinajstić information content (AvgIpc) is 3.46. The fourth-order valence-electron chi connectivity index (χ4n) is 7.66. The molecule has 0 amide bonds. The Hall–Kier alpha value is -4.95. The molecule has 3 aliphatic carbocycles. The molecule has 0 N–H and O–H groups in total. The fourth-order valence-corrected chi connectivity index (χ4v) is 7.66. The summed E-state index contributed by atoms with van der Waals surface area (Å²) in [5.41, 5.74) is 13.0. The molecule has 0 spiro atoms. The van der Waals surface area contributed by atoms with Crippen LogP contribution in [0.25, 0.3) is 33.4 Å². The lowest BCUT2D eigenvalue weighted by Crippen LogP contribution is -2.42. The van der Waals surface area contributed by atoms with Crippen molar-refractivity contribution in [2.45, 2.75) is 39.5 Å². The molecular formula is C42H36N2. The van der Waals surface area contributed by atoms with Crippen molar-refractivity contribution >= 4 is 27.8 Å². The number of aryl methyl sites for hydroxylation is 1. The molecule has 1 heterocycles. The Kier molecular flexibility index (Phi) is 6.45. The van der Waals surface area contributed by atoms with Crippen molar-refractivity contribution in [2.75, 3.05) is 0 Å². The summed E-state index contributed by atoms with van der Waals surface area (Å²) in [5.74, 6) is 1.09. The summed E-state index contributed by atoms with van der Waals surface area (Å²) in [7, 11) is 0. The molecule has 0 saturated heterocycles. The van der Waals surface area contributed by atoms with Crippen LogP contribution in [0.3, 0.4) is 0 Å². The standard InChI is InChI=1S/C42H36N2/c1-3-39-43-37-18-9-10-19-38(37)44(39)33-26-24-32(25-27-33)41-35-16-8-7-15-34(35)40(36-17-11-12-28-42(36,41)2)31-22-20-30(21-23-31)29-13-5-4-6-14-29/h4-20,22,24-27H,3,21,23,28H2,1-2H3. The van der Waals surface area contributed by atoms with Crippen LogP contribution in [0.5, 0.6) is 0 Å². The molecule has 214 valence electrons. The van der Waals surface area contributed by atoms with Crippen LogP contribution in [0.2, 0.25) is 0 Å². The van der Waals surface area contributed by atoms with Gasteiger partial charge in [-0.1, -0.05) is 123 Å². The number of rotatable bonds is 5. The van der Waals surface area contributed by atoms with E-state index in [0.717, 1.165) is 48.2 Å². The molecule has 5 aromatic rings. The molecule has 1 atom stereocenters. The van der Waals surface area contributed by atoms with E-state index in [0.29, 0.717) is 0 Å². The monoisotopic (exact) mass is 568 g/mol. The number of benzene rings is 4. The lowest BCUT2D eigenvalue weighted by molar-refractivity contribution is 0.546. The van der Waals surface area contributed by atoms with Crippen LogP contribution in [0.1, 0.15) is 50.1 Å². The molecular weight excluding hydrogens is 532 g/mol. The molecule has 3 aliphatic rings. The summed E-state index contributed by atoms with van der Waals surface area (Å²) in [6, 6.07) is 37.6. The minimum Gasteiger partial charge on any atom is -0.296 e. The predicted molar refractivity (Wildman–Crippen MR) is 184 cm³/mol. The number of imidazole rings is 1. The Labute approximate surface area is 259 Å². The van der Waals surface area contributed by atoms with Gasteiger partial charge in [-0.2, -0.15) is 0 Å². The first-order chi connectivity index (χ1) is 21.7. The molecule has 1 aromatic heterocycles. The van der Waals surface area contributed by atoms with E-state index in [9.17, 15) is 0 Å². The van der Waals surface area contributed by atoms with E-state index in [1.54, 1.807) is 0 Å². The maximum absolute atomic E-state index is 4.92. The SMILES string of the molecule is CCc1nc2ccccc2n1-c1ccc(C2=c3ccccc3=C(C3=CC=C(c4ccccc4)CC3)C3=CC=CCC32C)cc1. The summed E-state index contributed by atoms with van der Waals surface area (Å²) in [5, 5.41) is 2.70. The molecule has 2 heteroatoms. The zero-order chi connectivity index (χ0) is 29.7. The van der Waals surface area contributed by atoms with Gasteiger partial charge in [0.15, 0.2) is 0 Å². The van der Waals surface area contributed by atoms with Crippen molar-refractivity contribution in [1.29, 1.82) is 0 Å². The van der Waals surface area contributed by atoms with Gasteiger partial charge in [0.05, 0.1) is 11.0 Å². The Morgan fingerprint density at radius 3 is 2.18 bits per heavy atom. The number of hydrogen-bond donors (Lipinski definition) is 0. The second-order valence-corrected chi connectivity index (χ2v) is 12.3. The summed E-state index contributed by atoms with van der Waals surface area (Å²) in [6.07, 6.45) is 15.7. The number of nitrogens with zero attached hydrogens (tertiary/aromatic N) is 2. The Bertz CT molecular complexity index is 2170. The van der Waals surface area contributed by atoms with Crippen LogP contribution in [0, 0.1) is 5.41 Å². The summed E-state index contributed by atoms with van der Waals surface area (Å²) >= 11 is 0. The maximum atomic E-state index is 4.92. The lowest BCUT2D eigenvalue weighted by atomic mass is 9.62.